The molecular weight excluding hydrogens is 292 g/mol. The van der Waals surface area contributed by atoms with Crippen LogP contribution in [0.4, 0.5) is 0 Å². The minimum Gasteiger partial charge on any atom is -0.0876 e. The normalized spacial score (nSPS) is 10.6. The van der Waals surface area contributed by atoms with E-state index in [4.69, 9.17) is 0 Å². The average Bonchev–Trinajstić information content (AvgIpc) is 2.17. The van der Waals surface area contributed by atoms with Gasteiger partial charge >= 0.3 is 0 Å². The third-order valence-corrected chi connectivity index (χ3v) is 3.40. The van der Waals surface area contributed by atoms with Gasteiger partial charge in [0.05, 0.1) is 0 Å². The molecule has 0 aliphatic heterocycles. The van der Waals surface area contributed by atoms with E-state index in [0.717, 1.165) is 5.33 Å². The van der Waals surface area contributed by atoms with Crippen LogP contribution in [0.25, 0.3) is 10.8 Å². The van der Waals surface area contributed by atoms with Crippen molar-refractivity contribution in [1.29, 1.82) is 0 Å². The van der Waals surface area contributed by atoms with Gasteiger partial charge in [0, 0.05) is 9.80 Å². The van der Waals surface area contributed by atoms with Crippen molar-refractivity contribution >= 4 is 42.6 Å². The SMILES string of the molecule is BrCc1cc2ccccc2cc1Br. The van der Waals surface area contributed by atoms with Gasteiger partial charge in [0.15, 0.2) is 0 Å². The highest BCUT2D eigenvalue weighted by Crippen LogP contribution is 2.25. The molecule has 0 spiro atoms. The lowest BCUT2D eigenvalue weighted by atomic mass is 10.1. The van der Waals surface area contributed by atoms with E-state index < -0.39 is 0 Å². The molecule has 0 aliphatic carbocycles. The van der Waals surface area contributed by atoms with Gasteiger partial charge in [0.1, 0.15) is 0 Å². The van der Waals surface area contributed by atoms with Gasteiger partial charge in [-0.1, -0.05) is 56.1 Å². The zero-order chi connectivity index (χ0) is 9.26. The van der Waals surface area contributed by atoms with E-state index in [9.17, 15) is 0 Å². The first-order valence-corrected chi connectivity index (χ1v) is 5.96. The minimum atomic E-state index is 0.887. The number of hydrogen-bond acceptors (Lipinski definition) is 0. The Morgan fingerprint density at radius 3 is 2.23 bits per heavy atom. The van der Waals surface area contributed by atoms with E-state index in [1.165, 1.54) is 20.8 Å². The zero-order valence-corrected chi connectivity index (χ0v) is 10.1. The average molecular weight is 300 g/mol. The van der Waals surface area contributed by atoms with Crippen molar-refractivity contribution in [3.63, 3.8) is 0 Å². The molecule has 2 heteroatoms. The van der Waals surface area contributed by atoms with Gasteiger partial charge in [-0.05, 0) is 28.5 Å². The number of halogens is 2. The Hall–Kier alpha value is -0.340. The van der Waals surface area contributed by atoms with E-state index in [1.54, 1.807) is 0 Å². The fourth-order valence-electron chi connectivity index (χ4n) is 1.36. The fourth-order valence-corrected chi connectivity index (χ4v) is 2.70. The second-order valence-electron chi connectivity index (χ2n) is 2.92. The third-order valence-electron chi connectivity index (χ3n) is 2.06. The lowest BCUT2D eigenvalue weighted by molar-refractivity contribution is 1.43. The molecule has 2 aromatic carbocycles. The predicted octanol–water partition coefficient (Wildman–Crippen LogP) is 4.50. The van der Waals surface area contributed by atoms with Crippen LogP contribution in [-0.2, 0) is 5.33 Å². The lowest BCUT2D eigenvalue weighted by Crippen LogP contribution is -1.81. The molecule has 13 heavy (non-hydrogen) atoms. The van der Waals surface area contributed by atoms with Crippen LogP contribution in [0, 0.1) is 0 Å². The molecule has 0 amide bonds. The Balaban J connectivity index is 2.74. The smallest absolute Gasteiger partial charge is 0.0294 e. The Morgan fingerprint density at radius 1 is 1.00 bits per heavy atom. The van der Waals surface area contributed by atoms with E-state index in [-0.39, 0.29) is 0 Å². The van der Waals surface area contributed by atoms with Crippen LogP contribution in [0.1, 0.15) is 5.56 Å². The Labute approximate surface area is 94.2 Å². The maximum Gasteiger partial charge on any atom is 0.0294 e. The summed E-state index contributed by atoms with van der Waals surface area (Å²) in [5.74, 6) is 0. The Morgan fingerprint density at radius 2 is 1.62 bits per heavy atom. The molecule has 0 radical (unpaired) electrons. The highest BCUT2D eigenvalue weighted by molar-refractivity contribution is 9.10. The summed E-state index contributed by atoms with van der Waals surface area (Å²) in [7, 11) is 0. The second kappa shape index (κ2) is 3.81. The lowest BCUT2D eigenvalue weighted by Gasteiger charge is -2.03. The molecule has 0 N–H and O–H groups in total. The van der Waals surface area contributed by atoms with Gasteiger partial charge in [-0.25, -0.2) is 0 Å². The van der Waals surface area contributed by atoms with E-state index in [0.29, 0.717) is 0 Å². The van der Waals surface area contributed by atoms with Crippen molar-refractivity contribution in [3.8, 4) is 0 Å². The predicted molar refractivity (Wildman–Crippen MR) is 64.3 cm³/mol. The molecule has 0 saturated carbocycles. The molecule has 0 saturated heterocycles. The molecule has 2 aromatic rings. The zero-order valence-electron chi connectivity index (χ0n) is 6.93. The molecule has 66 valence electrons. The molecule has 2 rings (SSSR count). The summed E-state index contributed by atoms with van der Waals surface area (Å²) < 4.78 is 1.17. The first kappa shape index (κ1) is 9.22. The maximum absolute atomic E-state index is 3.55. The van der Waals surface area contributed by atoms with Crippen molar-refractivity contribution in [2.45, 2.75) is 5.33 Å². The van der Waals surface area contributed by atoms with Crippen molar-refractivity contribution in [2.24, 2.45) is 0 Å². The molecular formula is C11H8Br2. The maximum atomic E-state index is 3.55. The van der Waals surface area contributed by atoms with Gasteiger partial charge in [0.25, 0.3) is 0 Å². The third kappa shape index (κ3) is 1.79. The van der Waals surface area contributed by atoms with E-state index in [2.05, 4.69) is 68.3 Å². The summed E-state index contributed by atoms with van der Waals surface area (Å²) in [6.07, 6.45) is 0. The molecule has 0 heterocycles. The Kier molecular flexibility index (Phi) is 2.70. The molecule has 0 unspecified atom stereocenters. The van der Waals surface area contributed by atoms with Crippen LogP contribution < -0.4 is 0 Å². The van der Waals surface area contributed by atoms with Gasteiger partial charge in [-0.2, -0.15) is 0 Å². The standard InChI is InChI=1S/C11H8Br2/c12-7-10-5-8-3-1-2-4-9(8)6-11(10)13/h1-6H,7H2. The summed E-state index contributed by atoms with van der Waals surface area (Å²) in [5.41, 5.74) is 1.29. The van der Waals surface area contributed by atoms with Crippen LogP contribution in [-0.4, -0.2) is 0 Å². The van der Waals surface area contributed by atoms with Gasteiger partial charge in [0.2, 0.25) is 0 Å². The number of alkyl halides is 1. The summed E-state index contributed by atoms with van der Waals surface area (Å²) in [5, 5.41) is 3.46. The molecule has 0 nitrogen and oxygen atoms in total. The van der Waals surface area contributed by atoms with Gasteiger partial charge in [-0.3, -0.25) is 0 Å². The van der Waals surface area contributed by atoms with Crippen molar-refractivity contribution in [3.05, 3.63) is 46.4 Å². The quantitative estimate of drug-likeness (QED) is 0.680. The largest absolute Gasteiger partial charge is 0.0876 e. The summed E-state index contributed by atoms with van der Waals surface area (Å²) >= 11 is 7.01. The van der Waals surface area contributed by atoms with E-state index in [1.807, 2.05) is 0 Å². The highest BCUT2D eigenvalue weighted by Gasteiger charge is 2.00. The molecule has 0 bridgehead atoms. The summed E-state index contributed by atoms with van der Waals surface area (Å²) in [4.78, 5) is 0. The highest BCUT2D eigenvalue weighted by atomic mass is 79.9. The number of fused-ring (bicyclic) bond motifs is 1. The second-order valence-corrected chi connectivity index (χ2v) is 4.34. The fraction of sp³-hybridized carbons (Fsp3) is 0.0909. The summed E-state index contributed by atoms with van der Waals surface area (Å²) in [6.45, 7) is 0. The van der Waals surface area contributed by atoms with Crippen molar-refractivity contribution < 1.29 is 0 Å². The monoisotopic (exact) mass is 298 g/mol. The minimum absolute atomic E-state index is 0.887. The first-order chi connectivity index (χ1) is 6.31. The van der Waals surface area contributed by atoms with Crippen LogP contribution >= 0.6 is 31.9 Å². The topological polar surface area (TPSA) is 0 Å². The van der Waals surface area contributed by atoms with Crippen molar-refractivity contribution in [1.82, 2.24) is 0 Å². The molecule has 0 fully saturated rings. The van der Waals surface area contributed by atoms with Crippen LogP contribution in [0.15, 0.2) is 40.9 Å². The Bertz CT molecular complexity index is 435. The number of rotatable bonds is 1. The number of benzene rings is 2. The number of hydrogen-bond donors (Lipinski definition) is 0. The molecule has 0 atom stereocenters. The first-order valence-electron chi connectivity index (χ1n) is 4.04. The molecule has 0 aliphatic rings. The summed E-state index contributed by atoms with van der Waals surface area (Å²) in [6, 6.07) is 12.7. The van der Waals surface area contributed by atoms with Crippen LogP contribution in [0.3, 0.4) is 0 Å². The molecule has 0 aromatic heterocycles. The van der Waals surface area contributed by atoms with Crippen LogP contribution in [0.5, 0.6) is 0 Å². The van der Waals surface area contributed by atoms with Gasteiger partial charge < -0.3 is 0 Å². The van der Waals surface area contributed by atoms with E-state index >= 15 is 0 Å². The van der Waals surface area contributed by atoms with Gasteiger partial charge in [-0.15, -0.1) is 0 Å². The van der Waals surface area contributed by atoms with Crippen molar-refractivity contribution in [2.75, 3.05) is 0 Å². The van der Waals surface area contributed by atoms with Crippen LogP contribution in [0.2, 0.25) is 0 Å².